The number of nitrogens with one attached hydrogen (secondary N) is 1. The fourth-order valence-corrected chi connectivity index (χ4v) is 2.62. The van der Waals surface area contributed by atoms with Crippen LogP contribution in [-0.4, -0.2) is 37.5 Å². The molecule has 1 saturated heterocycles. The lowest BCUT2D eigenvalue weighted by molar-refractivity contribution is -0.00621. The first-order valence-electron chi connectivity index (χ1n) is 6.85. The van der Waals surface area contributed by atoms with Crippen molar-refractivity contribution < 1.29 is 13.9 Å². The molecule has 3 rings (SSSR count). The highest BCUT2D eigenvalue weighted by Gasteiger charge is 2.35. The van der Waals surface area contributed by atoms with Crippen molar-refractivity contribution in [3.8, 4) is 0 Å². The summed E-state index contributed by atoms with van der Waals surface area (Å²) in [7, 11) is 1.64. The van der Waals surface area contributed by atoms with E-state index in [-0.39, 0.29) is 0 Å². The average Bonchev–Trinajstić information content (AvgIpc) is 2.96. The van der Waals surface area contributed by atoms with Crippen molar-refractivity contribution in [2.24, 2.45) is 0 Å². The molecule has 1 unspecified atom stereocenters. The highest BCUT2D eigenvalue weighted by molar-refractivity contribution is 5.98. The molecule has 5 nitrogen and oxygen atoms in total. The van der Waals surface area contributed by atoms with Crippen molar-refractivity contribution in [1.82, 2.24) is 4.98 Å². The second-order valence-corrected chi connectivity index (χ2v) is 5.27. The van der Waals surface area contributed by atoms with Crippen molar-refractivity contribution in [2.75, 3.05) is 37.9 Å². The molecule has 0 spiro atoms. The number of methoxy groups -OCH3 is 1. The zero-order valence-corrected chi connectivity index (χ0v) is 11.9. The van der Waals surface area contributed by atoms with E-state index >= 15 is 0 Å². The van der Waals surface area contributed by atoms with Crippen LogP contribution in [0.5, 0.6) is 0 Å². The number of nitrogens with zero attached hydrogens (tertiary/aromatic N) is 1. The molecule has 1 aliphatic rings. The Morgan fingerprint density at radius 3 is 3.14 bits per heavy atom. The number of fused-ring (bicyclic) bond motifs is 1. The fraction of sp³-hybridized carbons (Fsp3) is 0.400. The standard InChI is InChI=1S/C15H18FN3O2/c1-20-15(4-6-21-9-15)8-19-14-11(16)7-12(17)10-3-2-5-18-13(10)14/h2-3,5,7,19H,4,6,8-9,17H2,1H3. The summed E-state index contributed by atoms with van der Waals surface area (Å²) in [6.45, 7) is 1.60. The number of hydrogen-bond donors (Lipinski definition) is 2. The molecule has 2 aromatic rings. The average molecular weight is 291 g/mol. The lowest BCUT2D eigenvalue weighted by Gasteiger charge is -2.26. The van der Waals surface area contributed by atoms with Gasteiger partial charge in [0.1, 0.15) is 5.60 Å². The maximum atomic E-state index is 14.2. The van der Waals surface area contributed by atoms with E-state index in [0.29, 0.717) is 36.6 Å². The van der Waals surface area contributed by atoms with Gasteiger partial charge in [0.25, 0.3) is 0 Å². The Bertz CT molecular complexity index is 657. The molecular weight excluding hydrogens is 273 g/mol. The zero-order valence-electron chi connectivity index (χ0n) is 11.9. The quantitative estimate of drug-likeness (QED) is 0.845. The van der Waals surface area contributed by atoms with Crippen LogP contribution in [0.25, 0.3) is 10.9 Å². The van der Waals surface area contributed by atoms with Crippen LogP contribution in [0.1, 0.15) is 6.42 Å². The number of anilines is 2. The largest absolute Gasteiger partial charge is 0.398 e. The number of halogens is 1. The molecule has 3 N–H and O–H groups in total. The summed E-state index contributed by atoms with van der Waals surface area (Å²) >= 11 is 0. The number of pyridine rings is 1. The molecular formula is C15H18FN3O2. The normalized spacial score (nSPS) is 21.8. The van der Waals surface area contributed by atoms with Gasteiger partial charge in [0.15, 0.2) is 5.82 Å². The molecule has 0 bridgehead atoms. The van der Waals surface area contributed by atoms with Crippen molar-refractivity contribution in [2.45, 2.75) is 12.0 Å². The summed E-state index contributed by atoms with van der Waals surface area (Å²) in [6.07, 6.45) is 2.40. The lowest BCUT2D eigenvalue weighted by Crippen LogP contribution is -2.39. The third-order valence-corrected chi connectivity index (χ3v) is 3.96. The van der Waals surface area contributed by atoms with E-state index in [1.54, 1.807) is 19.4 Å². The first-order chi connectivity index (χ1) is 10.2. The number of rotatable bonds is 4. The summed E-state index contributed by atoms with van der Waals surface area (Å²) < 4.78 is 25.2. The molecule has 1 fully saturated rings. The third-order valence-electron chi connectivity index (χ3n) is 3.96. The van der Waals surface area contributed by atoms with Crippen LogP contribution in [-0.2, 0) is 9.47 Å². The van der Waals surface area contributed by atoms with Crippen LogP contribution in [0.15, 0.2) is 24.4 Å². The molecule has 21 heavy (non-hydrogen) atoms. The van der Waals surface area contributed by atoms with E-state index in [2.05, 4.69) is 10.3 Å². The summed E-state index contributed by atoms with van der Waals surface area (Å²) in [5.41, 5.74) is 6.68. The smallest absolute Gasteiger partial charge is 0.150 e. The molecule has 1 aromatic heterocycles. The molecule has 1 aliphatic heterocycles. The molecule has 1 aromatic carbocycles. The monoisotopic (exact) mass is 291 g/mol. The second kappa shape index (κ2) is 5.46. The Balaban J connectivity index is 1.93. The SMILES string of the molecule is COC1(CNc2c(F)cc(N)c3cccnc23)CCOC1. The van der Waals surface area contributed by atoms with Crippen molar-refractivity contribution in [3.63, 3.8) is 0 Å². The molecule has 0 saturated carbocycles. The third kappa shape index (κ3) is 2.52. The van der Waals surface area contributed by atoms with Gasteiger partial charge in [-0.15, -0.1) is 0 Å². The number of nitrogen functional groups attached to an aromatic ring is 1. The van der Waals surface area contributed by atoms with Crippen LogP contribution >= 0.6 is 0 Å². The molecule has 0 aliphatic carbocycles. The van der Waals surface area contributed by atoms with E-state index in [1.165, 1.54) is 6.07 Å². The summed E-state index contributed by atoms with van der Waals surface area (Å²) in [5.74, 6) is -0.413. The maximum Gasteiger partial charge on any atom is 0.150 e. The first kappa shape index (κ1) is 14.0. The highest BCUT2D eigenvalue weighted by Crippen LogP contribution is 2.31. The number of aromatic nitrogens is 1. The Kier molecular flexibility index (Phi) is 3.65. The Hall–Kier alpha value is -1.92. The van der Waals surface area contributed by atoms with Crippen LogP contribution in [0, 0.1) is 5.82 Å². The molecule has 0 radical (unpaired) electrons. The fourth-order valence-electron chi connectivity index (χ4n) is 2.62. The minimum absolute atomic E-state index is 0.350. The van der Waals surface area contributed by atoms with E-state index in [0.717, 1.165) is 11.8 Å². The lowest BCUT2D eigenvalue weighted by atomic mass is 10.0. The van der Waals surface area contributed by atoms with Gasteiger partial charge >= 0.3 is 0 Å². The van der Waals surface area contributed by atoms with Crippen LogP contribution in [0.4, 0.5) is 15.8 Å². The topological polar surface area (TPSA) is 69.4 Å². The van der Waals surface area contributed by atoms with E-state index < -0.39 is 11.4 Å². The van der Waals surface area contributed by atoms with Crippen LogP contribution in [0.2, 0.25) is 0 Å². The Morgan fingerprint density at radius 2 is 2.43 bits per heavy atom. The summed E-state index contributed by atoms with van der Waals surface area (Å²) in [5, 5.41) is 3.85. The van der Waals surface area contributed by atoms with E-state index in [4.69, 9.17) is 15.2 Å². The van der Waals surface area contributed by atoms with Gasteiger partial charge in [0.05, 0.1) is 17.8 Å². The van der Waals surface area contributed by atoms with Crippen molar-refractivity contribution >= 4 is 22.3 Å². The van der Waals surface area contributed by atoms with Crippen molar-refractivity contribution in [1.29, 1.82) is 0 Å². The summed E-state index contributed by atoms with van der Waals surface area (Å²) in [6, 6.07) is 4.92. The van der Waals surface area contributed by atoms with Gasteiger partial charge in [-0.05, 0) is 18.2 Å². The van der Waals surface area contributed by atoms with Crippen molar-refractivity contribution in [3.05, 3.63) is 30.2 Å². The molecule has 0 amide bonds. The minimum Gasteiger partial charge on any atom is -0.398 e. The van der Waals surface area contributed by atoms with Gasteiger partial charge in [0.2, 0.25) is 0 Å². The number of benzene rings is 1. The number of nitrogens with two attached hydrogens (primary N) is 1. The Labute approximate surface area is 122 Å². The van der Waals surface area contributed by atoms with E-state index in [1.807, 2.05) is 6.07 Å². The predicted molar refractivity (Wildman–Crippen MR) is 79.8 cm³/mol. The molecule has 112 valence electrons. The first-order valence-corrected chi connectivity index (χ1v) is 6.85. The van der Waals surface area contributed by atoms with Gasteiger partial charge in [-0.2, -0.15) is 0 Å². The van der Waals surface area contributed by atoms with Gasteiger partial charge in [0, 0.05) is 44.0 Å². The van der Waals surface area contributed by atoms with E-state index in [9.17, 15) is 4.39 Å². The Morgan fingerprint density at radius 1 is 1.57 bits per heavy atom. The summed E-state index contributed by atoms with van der Waals surface area (Å²) in [4.78, 5) is 4.24. The van der Waals surface area contributed by atoms with Gasteiger partial charge in [-0.3, -0.25) is 4.98 Å². The minimum atomic E-state index is -0.422. The van der Waals surface area contributed by atoms with Gasteiger partial charge < -0.3 is 20.5 Å². The molecule has 1 atom stereocenters. The zero-order chi connectivity index (χ0) is 14.9. The van der Waals surface area contributed by atoms with Crippen LogP contribution in [0.3, 0.4) is 0 Å². The predicted octanol–water partition coefficient (Wildman–Crippen LogP) is 2.17. The number of hydrogen-bond acceptors (Lipinski definition) is 5. The number of ether oxygens (including phenoxy) is 2. The van der Waals surface area contributed by atoms with Crippen LogP contribution < -0.4 is 11.1 Å². The second-order valence-electron chi connectivity index (χ2n) is 5.27. The van der Waals surface area contributed by atoms with Gasteiger partial charge in [-0.1, -0.05) is 0 Å². The highest BCUT2D eigenvalue weighted by atomic mass is 19.1. The molecule has 2 heterocycles. The maximum absolute atomic E-state index is 14.2. The molecule has 6 heteroatoms. The van der Waals surface area contributed by atoms with Gasteiger partial charge in [-0.25, -0.2) is 4.39 Å².